The Morgan fingerprint density at radius 3 is 2.53 bits per heavy atom. The first-order valence-corrected chi connectivity index (χ1v) is 4.93. The molecule has 2 nitrogen and oxygen atoms in total. The maximum Gasteiger partial charge on any atom is 0.143 e. The highest BCUT2D eigenvalue weighted by molar-refractivity contribution is 5.33. The van der Waals surface area contributed by atoms with Crippen molar-refractivity contribution in [3.63, 3.8) is 0 Å². The van der Waals surface area contributed by atoms with Crippen molar-refractivity contribution < 1.29 is 5.11 Å². The van der Waals surface area contributed by atoms with E-state index < -0.39 is 5.72 Å². The molecule has 1 unspecified atom stereocenters. The first-order valence-electron chi connectivity index (χ1n) is 4.93. The van der Waals surface area contributed by atoms with Crippen LogP contribution in [0.4, 0.5) is 0 Å². The fourth-order valence-corrected chi connectivity index (χ4v) is 1.61. The summed E-state index contributed by atoms with van der Waals surface area (Å²) >= 11 is 0. The lowest BCUT2D eigenvalue weighted by Gasteiger charge is -2.24. The Kier molecular flexibility index (Phi) is 3.83. The van der Waals surface area contributed by atoms with Crippen LogP contribution in [0.25, 0.3) is 0 Å². The van der Waals surface area contributed by atoms with E-state index in [2.05, 4.69) is 13.2 Å². The standard InChI is InChI=1S/C13H17NO/c1-3-7-11-8-5-6-9-12(11)13(14,15)10-4-2/h3-6,8-9,15H,1-2,7,10,14H2. The summed E-state index contributed by atoms with van der Waals surface area (Å²) in [5.41, 5.74) is 6.24. The highest BCUT2D eigenvalue weighted by atomic mass is 16.3. The van der Waals surface area contributed by atoms with Gasteiger partial charge in [-0.15, -0.1) is 13.2 Å². The van der Waals surface area contributed by atoms with Gasteiger partial charge in [-0.1, -0.05) is 36.4 Å². The summed E-state index contributed by atoms with van der Waals surface area (Å²) in [7, 11) is 0. The predicted molar refractivity (Wildman–Crippen MR) is 63.2 cm³/mol. The Morgan fingerprint density at radius 2 is 1.93 bits per heavy atom. The molecule has 2 heteroatoms. The fourth-order valence-electron chi connectivity index (χ4n) is 1.61. The number of nitrogens with two attached hydrogens (primary N) is 1. The molecule has 0 aromatic heterocycles. The van der Waals surface area contributed by atoms with Crippen LogP contribution in [-0.4, -0.2) is 5.11 Å². The van der Waals surface area contributed by atoms with E-state index in [0.29, 0.717) is 12.8 Å². The summed E-state index contributed by atoms with van der Waals surface area (Å²) < 4.78 is 0. The molecule has 0 aliphatic rings. The molecule has 0 saturated heterocycles. The second-order valence-electron chi connectivity index (χ2n) is 3.57. The smallest absolute Gasteiger partial charge is 0.143 e. The van der Waals surface area contributed by atoms with Crippen molar-refractivity contribution in [3.8, 4) is 0 Å². The van der Waals surface area contributed by atoms with Gasteiger partial charge >= 0.3 is 0 Å². The zero-order chi connectivity index (χ0) is 11.3. The molecule has 0 radical (unpaired) electrons. The zero-order valence-electron chi connectivity index (χ0n) is 8.82. The van der Waals surface area contributed by atoms with Gasteiger partial charge in [-0.2, -0.15) is 0 Å². The van der Waals surface area contributed by atoms with Crippen molar-refractivity contribution in [2.45, 2.75) is 18.6 Å². The molecule has 0 aliphatic heterocycles. The molecule has 3 N–H and O–H groups in total. The Balaban J connectivity index is 3.10. The van der Waals surface area contributed by atoms with E-state index in [1.807, 2.05) is 24.3 Å². The van der Waals surface area contributed by atoms with Gasteiger partial charge in [0.15, 0.2) is 0 Å². The number of benzene rings is 1. The first-order chi connectivity index (χ1) is 7.11. The highest BCUT2D eigenvalue weighted by Gasteiger charge is 2.24. The van der Waals surface area contributed by atoms with Gasteiger partial charge in [-0.05, 0) is 12.0 Å². The van der Waals surface area contributed by atoms with E-state index in [-0.39, 0.29) is 0 Å². The van der Waals surface area contributed by atoms with Crippen LogP contribution in [0.2, 0.25) is 0 Å². The van der Waals surface area contributed by atoms with Gasteiger partial charge < -0.3 is 5.11 Å². The Labute approximate surface area is 90.7 Å². The molecule has 0 fully saturated rings. The molecule has 0 heterocycles. The molecule has 1 aromatic carbocycles. The largest absolute Gasteiger partial charge is 0.371 e. The van der Waals surface area contributed by atoms with E-state index in [1.165, 1.54) is 0 Å². The van der Waals surface area contributed by atoms with Crippen molar-refractivity contribution in [1.82, 2.24) is 0 Å². The minimum absolute atomic E-state index is 0.334. The molecule has 0 amide bonds. The molecule has 0 bridgehead atoms. The van der Waals surface area contributed by atoms with Crippen molar-refractivity contribution in [1.29, 1.82) is 0 Å². The second-order valence-corrected chi connectivity index (χ2v) is 3.57. The summed E-state index contributed by atoms with van der Waals surface area (Å²) in [6, 6.07) is 7.56. The second kappa shape index (κ2) is 4.91. The lowest BCUT2D eigenvalue weighted by Crippen LogP contribution is -2.36. The van der Waals surface area contributed by atoms with Gasteiger partial charge in [-0.25, -0.2) is 0 Å². The average molecular weight is 203 g/mol. The first kappa shape index (κ1) is 11.7. The molecule has 80 valence electrons. The Morgan fingerprint density at radius 1 is 1.27 bits per heavy atom. The van der Waals surface area contributed by atoms with E-state index >= 15 is 0 Å². The van der Waals surface area contributed by atoms with Crippen LogP contribution in [0.3, 0.4) is 0 Å². The maximum absolute atomic E-state index is 10.1. The number of rotatable bonds is 5. The van der Waals surface area contributed by atoms with Crippen LogP contribution in [0.5, 0.6) is 0 Å². The fraction of sp³-hybridized carbons (Fsp3) is 0.231. The van der Waals surface area contributed by atoms with E-state index in [4.69, 9.17) is 5.73 Å². The van der Waals surface area contributed by atoms with E-state index in [0.717, 1.165) is 11.1 Å². The SMILES string of the molecule is C=CCc1ccccc1C(N)(O)CC=C. The van der Waals surface area contributed by atoms with Gasteiger partial charge in [0.25, 0.3) is 0 Å². The summed E-state index contributed by atoms with van der Waals surface area (Å²) in [6.07, 6.45) is 4.45. The quantitative estimate of drug-likeness (QED) is 0.568. The molecule has 0 aliphatic carbocycles. The normalized spacial score (nSPS) is 14.3. The third-order valence-corrected chi connectivity index (χ3v) is 2.30. The zero-order valence-corrected chi connectivity index (χ0v) is 8.82. The third kappa shape index (κ3) is 2.78. The Hall–Kier alpha value is -1.38. The topological polar surface area (TPSA) is 46.2 Å². The summed E-state index contributed by atoms with van der Waals surface area (Å²) in [6.45, 7) is 7.27. The van der Waals surface area contributed by atoms with Crippen LogP contribution in [-0.2, 0) is 12.1 Å². The van der Waals surface area contributed by atoms with Gasteiger partial charge in [0.1, 0.15) is 5.72 Å². The third-order valence-electron chi connectivity index (χ3n) is 2.30. The molecule has 1 rings (SSSR count). The predicted octanol–water partition coefficient (Wildman–Crippen LogP) is 2.09. The van der Waals surface area contributed by atoms with Crippen LogP contribution < -0.4 is 5.73 Å². The van der Waals surface area contributed by atoms with Crippen LogP contribution in [0.15, 0.2) is 49.6 Å². The average Bonchev–Trinajstić information content (AvgIpc) is 2.19. The minimum atomic E-state index is -1.33. The molecule has 15 heavy (non-hydrogen) atoms. The maximum atomic E-state index is 10.1. The number of allylic oxidation sites excluding steroid dienone is 1. The Bertz CT molecular complexity index is 355. The van der Waals surface area contributed by atoms with Gasteiger partial charge in [0.05, 0.1) is 0 Å². The van der Waals surface area contributed by atoms with Gasteiger partial charge in [0.2, 0.25) is 0 Å². The van der Waals surface area contributed by atoms with Crippen molar-refractivity contribution in [2.75, 3.05) is 0 Å². The molecular weight excluding hydrogens is 186 g/mol. The summed E-state index contributed by atoms with van der Waals surface area (Å²) in [4.78, 5) is 0. The molecule has 1 aromatic rings. The molecule has 1 atom stereocenters. The van der Waals surface area contributed by atoms with Crippen LogP contribution in [0.1, 0.15) is 17.5 Å². The van der Waals surface area contributed by atoms with E-state index in [1.54, 1.807) is 12.2 Å². The van der Waals surface area contributed by atoms with Crippen molar-refractivity contribution >= 4 is 0 Å². The van der Waals surface area contributed by atoms with Crippen molar-refractivity contribution in [2.24, 2.45) is 5.73 Å². The minimum Gasteiger partial charge on any atom is -0.371 e. The molecular formula is C13H17NO. The van der Waals surface area contributed by atoms with Gasteiger partial charge in [0, 0.05) is 12.0 Å². The number of hydrogen-bond donors (Lipinski definition) is 2. The van der Waals surface area contributed by atoms with Gasteiger partial charge in [-0.3, -0.25) is 5.73 Å². The molecule has 0 spiro atoms. The van der Waals surface area contributed by atoms with Crippen LogP contribution >= 0.6 is 0 Å². The lowest BCUT2D eigenvalue weighted by atomic mass is 9.93. The van der Waals surface area contributed by atoms with Crippen molar-refractivity contribution in [3.05, 3.63) is 60.7 Å². The monoisotopic (exact) mass is 203 g/mol. The summed E-state index contributed by atoms with van der Waals surface area (Å²) in [5, 5.41) is 10.1. The summed E-state index contributed by atoms with van der Waals surface area (Å²) in [5.74, 6) is 0. The highest BCUT2D eigenvalue weighted by Crippen LogP contribution is 2.23. The number of hydrogen-bond acceptors (Lipinski definition) is 2. The van der Waals surface area contributed by atoms with Crippen LogP contribution in [0, 0.1) is 0 Å². The molecule has 0 saturated carbocycles. The van der Waals surface area contributed by atoms with E-state index in [9.17, 15) is 5.11 Å². The lowest BCUT2D eigenvalue weighted by molar-refractivity contribution is 0.0461. The number of aliphatic hydroxyl groups is 1.